The Balaban J connectivity index is 2.13. The van der Waals surface area contributed by atoms with Gasteiger partial charge >= 0.3 is 17.9 Å². The van der Waals surface area contributed by atoms with E-state index >= 15 is 0 Å². The van der Waals surface area contributed by atoms with Crippen molar-refractivity contribution in [3.63, 3.8) is 0 Å². The van der Waals surface area contributed by atoms with Gasteiger partial charge in [0.2, 0.25) is 0 Å². The topological polar surface area (TPSA) is 97.4 Å². The first-order valence-electron chi connectivity index (χ1n) is 10.4. The van der Waals surface area contributed by atoms with E-state index in [1.54, 1.807) is 33.1 Å². The summed E-state index contributed by atoms with van der Waals surface area (Å²) in [7, 11) is 1.60. The van der Waals surface area contributed by atoms with Crippen LogP contribution in [-0.2, 0) is 38.1 Å². The molecule has 2 bridgehead atoms. The summed E-state index contributed by atoms with van der Waals surface area (Å²) in [5.41, 5.74) is 0.285. The quantitative estimate of drug-likeness (QED) is 0.370. The largest absolute Gasteiger partial charge is 0.461 e. The van der Waals surface area contributed by atoms with E-state index in [2.05, 4.69) is 0 Å². The van der Waals surface area contributed by atoms with Gasteiger partial charge in [-0.25, -0.2) is 9.59 Å². The normalized spacial score (nSPS) is 33.0. The van der Waals surface area contributed by atoms with E-state index < -0.39 is 35.4 Å². The number of allylic oxidation sites excluding steroid dienone is 1. The van der Waals surface area contributed by atoms with Gasteiger partial charge in [0, 0.05) is 37.5 Å². The summed E-state index contributed by atoms with van der Waals surface area (Å²) in [4.78, 5) is 36.7. The van der Waals surface area contributed by atoms with Crippen molar-refractivity contribution in [1.82, 2.24) is 0 Å². The molecule has 0 spiro atoms. The maximum atomic E-state index is 12.7. The second-order valence-electron chi connectivity index (χ2n) is 8.50. The van der Waals surface area contributed by atoms with Gasteiger partial charge in [-0.05, 0) is 39.7 Å². The minimum absolute atomic E-state index is 0.164. The highest BCUT2D eigenvalue weighted by Crippen LogP contribution is 2.49. The van der Waals surface area contributed by atoms with Crippen LogP contribution in [0.4, 0.5) is 0 Å². The molecule has 0 unspecified atom stereocenters. The van der Waals surface area contributed by atoms with Gasteiger partial charge in [-0.1, -0.05) is 13.0 Å². The molecule has 1 fully saturated rings. The number of ether oxygens (including phenoxy) is 5. The lowest BCUT2D eigenvalue weighted by molar-refractivity contribution is -0.255. The Morgan fingerprint density at radius 3 is 2.61 bits per heavy atom. The van der Waals surface area contributed by atoms with Gasteiger partial charge in [0.1, 0.15) is 18.5 Å². The number of carbonyl (C=O) groups is 3. The average Bonchev–Trinajstić information content (AvgIpc) is 3.22. The third-order valence-corrected chi connectivity index (χ3v) is 6.26. The van der Waals surface area contributed by atoms with Crippen molar-refractivity contribution in [3.05, 3.63) is 34.6 Å². The van der Waals surface area contributed by atoms with E-state index in [4.69, 9.17) is 23.7 Å². The molecular formula is C23H30O8. The minimum Gasteiger partial charge on any atom is -0.461 e. The third-order valence-electron chi connectivity index (χ3n) is 6.26. The number of fused-ring (bicyclic) bond motifs is 3. The summed E-state index contributed by atoms with van der Waals surface area (Å²) in [6.45, 7) is 8.27. The Hall–Kier alpha value is -2.45. The van der Waals surface area contributed by atoms with Gasteiger partial charge in [0.25, 0.3) is 0 Å². The highest BCUT2D eigenvalue weighted by molar-refractivity contribution is 5.96. The zero-order valence-corrected chi connectivity index (χ0v) is 18.9. The average molecular weight is 434 g/mol. The van der Waals surface area contributed by atoms with Crippen LogP contribution in [-0.4, -0.2) is 49.1 Å². The summed E-state index contributed by atoms with van der Waals surface area (Å²) in [5.74, 6) is -2.41. The zero-order valence-electron chi connectivity index (χ0n) is 18.9. The van der Waals surface area contributed by atoms with Crippen LogP contribution in [0.2, 0.25) is 0 Å². The maximum absolute atomic E-state index is 12.7. The predicted octanol–water partition coefficient (Wildman–Crippen LogP) is 3.12. The molecule has 0 N–H and O–H groups in total. The van der Waals surface area contributed by atoms with Crippen LogP contribution < -0.4 is 0 Å². The van der Waals surface area contributed by atoms with Gasteiger partial charge in [-0.3, -0.25) is 4.79 Å². The van der Waals surface area contributed by atoms with Crippen molar-refractivity contribution < 1.29 is 38.1 Å². The fraction of sp³-hybridized carbons (Fsp3) is 0.609. The molecule has 31 heavy (non-hydrogen) atoms. The fourth-order valence-corrected chi connectivity index (χ4v) is 4.30. The van der Waals surface area contributed by atoms with Crippen LogP contribution in [0.25, 0.3) is 0 Å². The predicted molar refractivity (Wildman–Crippen MR) is 109 cm³/mol. The van der Waals surface area contributed by atoms with E-state index in [9.17, 15) is 14.4 Å². The van der Waals surface area contributed by atoms with Crippen LogP contribution in [0.15, 0.2) is 34.6 Å². The number of hydrogen-bond donors (Lipinski definition) is 0. The summed E-state index contributed by atoms with van der Waals surface area (Å²) >= 11 is 0. The number of hydrogen-bond acceptors (Lipinski definition) is 8. The Morgan fingerprint density at radius 2 is 2.00 bits per heavy atom. The van der Waals surface area contributed by atoms with Crippen molar-refractivity contribution in [3.8, 4) is 0 Å². The second kappa shape index (κ2) is 8.59. The second-order valence-corrected chi connectivity index (χ2v) is 8.50. The first kappa shape index (κ1) is 23.2. The standard InChI is InChI=1S/C23H30O8/c1-7-13(2)20(25)29-17-10-14(3)23(27-6)9-8-22(5,31-23)11-18-19(17)16(21(26)30-18)12-28-15(4)24/h7,11,14,17H,8-10,12H2,1-6H3/b13-7-,18-11?/t14-,17+,22-,23+/m1/s1. The van der Waals surface area contributed by atoms with Crippen molar-refractivity contribution in [2.75, 3.05) is 13.7 Å². The lowest BCUT2D eigenvalue weighted by Gasteiger charge is -2.36. The molecule has 3 aliphatic rings. The van der Waals surface area contributed by atoms with Crippen molar-refractivity contribution in [1.29, 1.82) is 0 Å². The van der Waals surface area contributed by atoms with E-state index in [0.717, 1.165) is 0 Å². The highest BCUT2D eigenvalue weighted by atomic mass is 16.7. The summed E-state index contributed by atoms with van der Waals surface area (Å²) < 4.78 is 28.7. The molecule has 0 saturated carbocycles. The lowest BCUT2D eigenvalue weighted by Crippen LogP contribution is -2.42. The number of rotatable bonds is 5. The number of methoxy groups -OCH3 is 1. The van der Waals surface area contributed by atoms with Gasteiger partial charge in [-0.2, -0.15) is 0 Å². The Bertz CT molecular complexity index is 882. The Labute approximate surface area is 182 Å². The molecule has 0 aromatic rings. The molecule has 3 rings (SSSR count). The third kappa shape index (κ3) is 4.45. The first-order valence-corrected chi connectivity index (χ1v) is 10.4. The summed E-state index contributed by atoms with van der Waals surface area (Å²) in [5, 5.41) is 0. The maximum Gasteiger partial charge on any atom is 0.343 e. The fourth-order valence-electron chi connectivity index (χ4n) is 4.30. The van der Waals surface area contributed by atoms with Crippen LogP contribution in [0, 0.1) is 5.92 Å². The summed E-state index contributed by atoms with van der Waals surface area (Å²) in [6.07, 6.45) is 4.24. The Kier molecular flexibility index (Phi) is 6.43. The van der Waals surface area contributed by atoms with Crippen molar-refractivity contribution in [2.45, 2.75) is 71.4 Å². The monoisotopic (exact) mass is 434 g/mol. The molecule has 0 aromatic carbocycles. The van der Waals surface area contributed by atoms with Crippen LogP contribution >= 0.6 is 0 Å². The van der Waals surface area contributed by atoms with E-state index in [-0.39, 0.29) is 23.9 Å². The molecule has 1 saturated heterocycles. The van der Waals surface area contributed by atoms with Gasteiger partial charge in [0.15, 0.2) is 5.79 Å². The van der Waals surface area contributed by atoms with Gasteiger partial charge < -0.3 is 23.7 Å². The van der Waals surface area contributed by atoms with E-state index in [1.165, 1.54) is 6.92 Å². The molecular weight excluding hydrogens is 404 g/mol. The Morgan fingerprint density at radius 1 is 1.29 bits per heavy atom. The highest BCUT2D eigenvalue weighted by Gasteiger charge is 2.53. The minimum atomic E-state index is -0.856. The van der Waals surface area contributed by atoms with Crippen LogP contribution in [0.3, 0.4) is 0 Å². The zero-order chi connectivity index (χ0) is 23.0. The van der Waals surface area contributed by atoms with E-state index in [0.29, 0.717) is 30.4 Å². The van der Waals surface area contributed by atoms with Crippen molar-refractivity contribution in [2.24, 2.45) is 5.92 Å². The number of esters is 3. The molecule has 4 atom stereocenters. The molecule has 0 radical (unpaired) electrons. The van der Waals surface area contributed by atoms with E-state index in [1.807, 2.05) is 13.8 Å². The smallest absolute Gasteiger partial charge is 0.343 e. The van der Waals surface area contributed by atoms with Gasteiger partial charge in [0.05, 0.1) is 11.2 Å². The molecule has 8 heteroatoms. The molecule has 8 nitrogen and oxygen atoms in total. The molecule has 0 aromatic heterocycles. The van der Waals surface area contributed by atoms with Crippen LogP contribution in [0.1, 0.15) is 53.9 Å². The molecule has 170 valence electrons. The lowest BCUT2D eigenvalue weighted by atomic mass is 9.85. The SMILES string of the molecule is C/C=C(/C)C(=O)O[C@H]1C[C@@H](C)[C@]2(OC)CC[C@](C)(C=C3OC(=O)C(COC(C)=O)=C31)O2. The van der Waals surface area contributed by atoms with Crippen LogP contribution in [0.5, 0.6) is 0 Å². The molecule has 3 aliphatic heterocycles. The number of carbonyl (C=O) groups excluding carboxylic acids is 3. The summed E-state index contributed by atoms with van der Waals surface area (Å²) in [6, 6.07) is 0. The van der Waals surface area contributed by atoms with Gasteiger partial charge in [-0.15, -0.1) is 0 Å². The first-order chi connectivity index (χ1) is 14.5. The van der Waals surface area contributed by atoms with Crippen molar-refractivity contribution >= 4 is 17.9 Å². The molecule has 3 heterocycles. The molecule has 0 amide bonds. The molecule has 0 aliphatic carbocycles.